The van der Waals surface area contributed by atoms with Crippen molar-refractivity contribution in [3.63, 3.8) is 0 Å². The summed E-state index contributed by atoms with van der Waals surface area (Å²) in [7, 11) is 0. The van der Waals surface area contributed by atoms with Crippen molar-refractivity contribution in [1.29, 1.82) is 0 Å². The number of nitrogens with one attached hydrogen (secondary N) is 1. The van der Waals surface area contributed by atoms with Crippen molar-refractivity contribution in [3.05, 3.63) is 66.0 Å². The molecule has 28 heavy (non-hydrogen) atoms. The Morgan fingerprint density at radius 2 is 1.79 bits per heavy atom. The molecule has 0 aliphatic rings. The van der Waals surface area contributed by atoms with Crippen LogP contribution in [0.1, 0.15) is 32.3 Å². The number of rotatable bonds is 10. The van der Waals surface area contributed by atoms with Crippen LogP contribution in [0.25, 0.3) is 0 Å². The minimum Gasteiger partial charge on any atom is -0.354 e. The maximum atomic E-state index is 14.1. The predicted molar refractivity (Wildman–Crippen MR) is 111 cm³/mol. The molecule has 0 spiro atoms. The largest absolute Gasteiger partial charge is 0.354 e. The SMILES string of the molecule is CCCCNC(=O)[C@H](C)N(Cc1ccccc1F)C(=O)CSc1ccccc1. The molecule has 2 amide bonds. The third kappa shape index (κ3) is 6.68. The average Bonchev–Trinajstić information content (AvgIpc) is 2.71. The summed E-state index contributed by atoms with van der Waals surface area (Å²) in [5.74, 6) is -0.613. The van der Waals surface area contributed by atoms with Gasteiger partial charge in [0.25, 0.3) is 0 Å². The van der Waals surface area contributed by atoms with Gasteiger partial charge in [-0.25, -0.2) is 4.39 Å². The predicted octanol–water partition coefficient (Wildman–Crippen LogP) is 4.25. The zero-order chi connectivity index (χ0) is 20.4. The zero-order valence-corrected chi connectivity index (χ0v) is 17.2. The molecule has 6 heteroatoms. The minimum absolute atomic E-state index is 0.0588. The first kappa shape index (κ1) is 22.0. The number of thioether (sulfide) groups is 1. The van der Waals surface area contributed by atoms with Gasteiger partial charge in [0, 0.05) is 23.5 Å². The van der Waals surface area contributed by atoms with E-state index in [2.05, 4.69) is 5.32 Å². The van der Waals surface area contributed by atoms with Gasteiger partial charge in [-0.15, -0.1) is 11.8 Å². The Balaban J connectivity index is 2.11. The number of amides is 2. The molecule has 0 radical (unpaired) electrons. The molecule has 150 valence electrons. The Morgan fingerprint density at radius 3 is 2.46 bits per heavy atom. The number of unbranched alkanes of at least 4 members (excludes halogenated alkanes) is 1. The van der Waals surface area contributed by atoms with E-state index in [4.69, 9.17) is 0 Å². The summed E-state index contributed by atoms with van der Waals surface area (Å²) in [5.41, 5.74) is 0.397. The number of carbonyl (C=O) groups excluding carboxylic acids is 2. The highest BCUT2D eigenvalue weighted by Gasteiger charge is 2.26. The topological polar surface area (TPSA) is 49.4 Å². The van der Waals surface area contributed by atoms with Crippen molar-refractivity contribution in [2.45, 2.75) is 44.2 Å². The highest BCUT2D eigenvalue weighted by atomic mass is 32.2. The van der Waals surface area contributed by atoms with E-state index in [1.807, 2.05) is 37.3 Å². The Labute approximate surface area is 170 Å². The highest BCUT2D eigenvalue weighted by molar-refractivity contribution is 8.00. The molecule has 1 N–H and O–H groups in total. The molecule has 2 aromatic carbocycles. The van der Waals surface area contributed by atoms with Gasteiger partial charge in [0.05, 0.1) is 5.75 Å². The van der Waals surface area contributed by atoms with Crippen molar-refractivity contribution < 1.29 is 14.0 Å². The molecule has 0 fully saturated rings. The molecule has 4 nitrogen and oxygen atoms in total. The van der Waals surface area contributed by atoms with Gasteiger partial charge in [0.1, 0.15) is 11.9 Å². The van der Waals surface area contributed by atoms with Gasteiger partial charge in [-0.3, -0.25) is 9.59 Å². The van der Waals surface area contributed by atoms with E-state index in [9.17, 15) is 14.0 Å². The lowest BCUT2D eigenvalue weighted by atomic mass is 10.1. The van der Waals surface area contributed by atoms with E-state index >= 15 is 0 Å². The van der Waals surface area contributed by atoms with Crippen molar-refractivity contribution in [2.75, 3.05) is 12.3 Å². The van der Waals surface area contributed by atoms with E-state index < -0.39 is 6.04 Å². The Morgan fingerprint density at radius 1 is 1.11 bits per heavy atom. The van der Waals surface area contributed by atoms with Crippen LogP contribution >= 0.6 is 11.8 Å². The second kappa shape index (κ2) is 11.5. The molecule has 2 aromatic rings. The maximum Gasteiger partial charge on any atom is 0.242 e. The van der Waals surface area contributed by atoms with Gasteiger partial charge in [-0.05, 0) is 31.5 Å². The summed E-state index contributed by atoms with van der Waals surface area (Å²) in [6.07, 6.45) is 1.85. The molecule has 0 saturated carbocycles. The van der Waals surface area contributed by atoms with E-state index in [1.54, 1.807) is 25.1 Å². The number of hydrogen-bond donors (Lipinski definition) is 1. The molecule has 0 unspecified atom stereocenters. The molecule has 0 aliphatic carbocycles. The van der Waals surface area contributed by atoms with Gasteiger partial charge in [-0.2, -0.15) is 0 Å². The summed E-state index contributed by atoms with van der Waals surface area (Å²) in [4.78, 5) is 27.8. The Kier molecular flexibility index (Phi) is 9.01. The summed E-state index contributed by atoms with van der Waals surface area (Å²) < 4.78 is 14.1. The van der Waals surface area contributed by atoms with Crippen molar-refractivity contribution >= 4 is 23.6 Å². The van der Waals surface area contributed by atoms with Crippen molar-refractivity contribution in [1.82, 2.24) is 10.2 Å². The second-order valence-electron chi connectivity index (χ2n) is 6.54. The molecular weight excluding hydrogens is 375 g/mol. The molecule has 0 aliphatic heterocycles. The number of halogens is 1. The molecule has 2 rings (SSSR count). The smallest absolute Gasteiger partial charge is 0.242 e. The fourth-order valence-electron chi connectivity index (χ4n) is 2.67. The molecule has 0 bridgehead atoms. The van der Waals surface area contributed by atoms with Crippen LogP contribution in [0.15, 0.2) is 59.5 Å². The van der Waals surface area contributed by atoms with Crippen LogP contribution in [0, 0.1) is 5.82 Å². The van der Waals surface area contributed by atoms with Gasteiger partial charge in [0.2, 0.25) is 11.8 Å². The van der Waals surface area contributed by atoms with Crippen LogP contribution in [0.3, 0.4) is 0 Å². The first-order valence-corrected chi connectivity index (χ1v) is 10.5. The molecule has 0 aromatic heterocycles. The lowest BCUT2D eigenvalue weighted by Crippen LogP contribution is -2.48. The zero-order valence-electron chi connectivity index (χ0n) is 16.4. The molecule has 1 atom stereocenters. The van der Waals surface area contributed by atoms with Gasteiger partial charge in [0.15, 0.2) is 0 Å². The number of carbonyl (C=O) groups is 2. The summed E-state index contributed by atoms with van der Waals surface area (Å²) in [6, 6.07) is 15.3. The number of benzene rings is 2. The Bertz CT molecular complexity index is 770. The number of nitrogens with zero attached hydrogens (tertiary/aromatic N) is 1. The monoisotopic (exact) mass is 402 g/mol. The van der Waals surface area contributed by atoms with Crippen molar-refractivity contribution in [3.8, 4) is 0 Å². The fourth-order valence-corrected chi connectivity index (χ4v) is 3.48. The van der Waals surface area contributed by atoms with E-state index in [0.717, 1.165) is 17.7 Å². The Hall–Kier alpha value is -2.34. The van der Waals surface area contributed by atoms with Crippen LogP contribution in [-0.4, -0.2) is 35.1 Å². The van der Waals surface area contributed by atoms with Crippen LogP contribution in [0.4, 0.5) is 4.39 Å². The van der Waals surface area contributed by atoms with Crippen LogP contribution in [-0.2, 0) is 16.1 Å². The van der Waals surface area contributed by atoms with Gasteiger partial charge >= 0.3 is 0 Å². The average molecular weight is 403 g/mol. The molecule has 0 saturated heterocycles. The second-order valence-corrected chi connectivity index (χ2v) is 7.58. The van der Waals surface area contributed by atoms with E-state index in [0.29, 0.717) is 12.1 Å². The minimum atomic E-state index is -0.680. The third-order valence-electron chi connectivity index (χ3n) is 4.40. The van der Waals surface area contributed by atoms with Crippen LogP contribution in [0.2, 0.25) is 0 Å². The van der Waals surface area contributed by atoms with E-state index in [-0.39, 0.29) is 29.9 Å². The summed E-state index contributed by atoms with van der Waals surface area (Å²) >= 11 is 1.41. The molecule has 0 heterocycles. The highest BCUT2D eigenvalue weighted by Crippen LogP contribution is 2.20. The lowest BCUT2D eigenvalue weighted by molar-refractivity contribution is -0.138. The first-order chi connectivity index (χ1) is 13.5. The molecular formula is C22H27FN2O2S. The number of hydrogen-bond acceptors (Lipinski definition) is 3. The maximum absolute atomic E-state index is 14.1. The quantitative estimate of drug-likeness (QED) is 0.477. The first-order valence-electron chi connectivity index (χ1n) is 9.51. The van der Waals surface area contributed by atoms with Gasteiger partial charge in [-0.1, -0.05) is 49.7 Å². The van der Waals surface area contributed by atoms with Crippen LogP contribution < -0.4 is 5.32 Å². The van der Waals surface area contributed by atoms with Gasteiger partial charge < -0.3 is 10.2 Å². The third-order valence-corrected chi connectivity index (χ3v) is 5.40. The van der Waals surface area contributed by atoms with Crippen LogP contribution in [0.5, 0.6) is 0 Å². The lowest BCUT2D eigenvalue weighted by Gasteiger charge is -2.29. The van der Waals surface area contributed by atoms with Crippen molar-refractivity contribution in [2.24, 2.45) is 0 Å². The van der Waals surface area contributed by atoms with E-state index in [1.165, 1.54) is 22.7 Å². The normalized spacial score (nSPS) is 11.7. The summed E-state index contributed by atoms with van der Waals surface area (Å²) in [6.45, 7) is 4.36. The summed E-state index contributed by atoms with van der Waals surface area (Å²) in [5, 5.41) is 2.86. The standard InChI is InChI=1S/C22H27FN2O2S/c1-3-4-14-24-22(27)17(2)25(15-18-10-8-9-13-20(18)23)21(26)16-28-19-11-6-5-7-12-19/h5-13,17H,3-4,14-16H2,1-2H3,(H,24,27)/t17-/m0/s1. The fraction of sp³-hybridized carbons (Fsp3) is 0.364.